The topological polar surface area (TPSA) is 64.4 Å². The number of methoxy groups -OCH3 is 1. The first-order chi connectivity index (χ1) is 8.49. The van der Waals surface area contributed by atoms with Gasteiger partial charge in [0, 0.05) is 4.47 Å². The van der Waals surface area contributed by atoms with E-state index in [1.54, 1.807) is 19.2 Å². The fourth-order valence-corrected chi connectivity index (χ4v) is 1.87. The summed E-state index contributed by atoms with van der Waals surface area (Å²) in [6.07, 6.45) is 0.865. The third-order valence-corrected chi connectivity index (χ3v) is 3.47. The van der Waals surface area contributed by atoms with Gasteiger partial charge in [-0.1, -0.05) is 36.2 Å². The maximum atomic E-state index is 12.0. The van der Waals surface area contributed by atoms with Crippen molar-refractivity contribution in [1.29, 1.82) is 0 Å². The molecule has 0 fully saturated rings. The minimum absolute atomic E-state index is 0.142. The van der Waals surface area contributed by atoms with Crippen molar-refractivity contribution < 1.29 is 9.53 Å². The van der Waals surface area contributed by atoms with E-state index in [1.807, 2.05) is 19.9 Å². The number of hydrogen-bond donors (Lipinski definition) is 2. The molecule has 4 nitrogen and oxygen atoms in total. The normalized spacial score (nSPS) is 13.8. The lowest BCUT2D eigenvalue weighted by Crippen LogP contribution is -2.40. The summed E-state index contributed by atoms with van der Waals surface area (Å²) in [5, 5.41) is 2.80. The predicted octanol–water partition coefficient (Wildman–Crippen LogP) is 2.77. The number of anilines is 1. The zero-order valence-corrected chi connectivity index (χ0v) is 12.5. The van der Waals surface area contributed by atoms with Gasteiger partial charge >= 0.3 is 0 Å². The van der Waals surface area contributed by atoms with E-state index in [1.165, 1.54) is 0 Å². The summed E-state index contributed by atoms with van der Waals surface area (Å²) < 4.78 is 6.06. The molecule has 2 unspecified atom stereocenters. The van der Waals surface area contributed by atoms with Gasteiger partial charge in [-0.15, -0.1) is 0 Å². The Kier molecular flexibility index (Phi) is 5.62. The van der Waals surface area contributed by atoms with Crippen LogP contribution in [0, 0.1) is 5.92 Å². The van der Waals surface area contributed by atoms with Crippen LogP contribution in [0.25, 0.3) is 0 Å². The number of ether oxygens (including phenoxy) is 1. The van der Waals surface area contributed by atoms with Crippen molar-refractivity contribution in [2.24, 2.45) is 11.7 Å². The summed E-state index contributed by atoms with van der Waals surface area (Å²) in [6, 6.07) is 4.91. The molecule has 5 heteroatoms. The van der Waals surface area contributed by atoms with Crippen LogP contribution in [0.2, 0.25) is 0 Å². The number of benzene rings is 1. The lowest BCUT2D eigenvalue weighted by atomic mass is 9.99. The minimum Gasteiger partial charge on any atom is -0.495 e. The molecule has 0 bridgehead atoms. The highest BCUT2D eigenvalue weighted by atomic mass is 79.9. The molecule has 0 aliphatic carbocycles. The van der Waals surface area contributed by atoms with Gasteiger partial charge in [-0.25, -0.2) is 0 Å². The molecule has 2 atom stereocenters. The second-order valence-electron chi connectivity index (χ2n) is 4.25. The van der Waals surface area contributed by atoms with Crippen molar-refractivity contribution in [2.75, 3.05) is 12.4 Å². The summed E-state index contributed by atoms with van der Waals surface area (Å²) in [7, 11) is 1.56. The highest BCUT2D eigenvalue weighted by Gasteiger charge is 2.20. The minimum atomic E-state index is -0.515. The van der Waals surface area contributed by atoms with Gasteiger partial charge in [0.2, 0.25) is 5.91 Å². The van der Waals surface area contributed by atoms with Gasteiger partial charge in [-0.05, 0) is 24.1 Å². The lowest BCUT2D eigenvalue weighted by molar-refractivity contribution is -0.118. The van der Waals surface area contributed by atoms with Crippen LogP contribution >= 0.6 is 15.9 Å². The van der Waals surface area contributed by atoms with E-state index in [0.717, 1.165) is 10.9 Å². The number of amides is 1. The van der Waals surface area contributed by atoms with Gasteiger partial charge < -0.3 is 15.8 Å². The molecular formula is C13H19BrN2O2. The first-order valence-corrected chi connectivity index (χ1v) is 6.68. The third kappa shape index (κ3) is 3.71. The molecule has 0 aliphatic rings. The monoisotopic (exact) mass is 314 g/mol. The highest BCUT2D eigenvalue weighted by molar-refractivity contribution is 9.10. The number of halogens is 1. The molecule has 0 heterocycles. The van der Waals surface area contributed by atoms with Crippen LogP contribution < -0.4 is 15.8 Å². The Morgan fingerprint density at radius 1 is 1.56 bits per heavy atom. The Morgan fingerprint density at radius 2 is 2.22 bits per heavy atom. The van der Waals surface area contributed by atoms with Gasteiger partial charge in [-0.2, -0.15) is 0 Å². The molecule has 1 amide bonds. The number of rotatable bonds is 5. The second kappa shape index (κ2) is 6.75. The molecule has 1 aromatic carbocycles. The zero-order chi connectivity index (χ0) is 13.7. The van der Waals surface area contributed by atoms with E-state index in [4.69, 9.17) is 10.5 Å². The highest BCUT2D eigenvalue weighted by Crippen LogP contribution is 2.28. The van der Waals surface area contributed by atoms with Crippen molar-refractivity contribution in [3.63, 3.8) is 0 Å². The Morgan fingerprint density at radius 3 is 2.78 bits per heavy atom. The van der Waals surface area contributed by atoms with Gasteiger partial charge in [0.1, 0.15) is 5.75 Å². The Balaban J connectivity index is 2.84. The average molecular weight is 315 g/mol. The van der Waals surface area contributed by atoms with Crippen molar-refractivity contribution in [3.05, 3.63) is 22.7 Å². The molecule has 0 aliphatic heterocycles. The van der Waals surface area contributed by atoms with E-state index in [9.17, 15) is 4.79 Å². The second-order valence-corrected chi connectivity index (χ2v) is 5.16. The number of hydrogen-bond acceptors (Lipinski definition) is 3. The SMILES string of the molecule is CCC(C)C(N)C(=O)Nc1cc(Br)ccc1OC. The zero-order valence-electron chi connectivity index (χ0n) is 10.9. The molecular weight excluding hydrogens is 296 g/mol. The Bertz CT molecular complexity index is 423. The number of nitrogens with two attached hydrogens (primary N) is 1. The van der Waals surface area contributed by atoms with E-state index in [2.05, 4.69) is 21.2 Å². The van der Waals surface area contributed by atoms with Crippen LogP contribution in [0.5, 0.6) is 5.75 Å². The molecule has 0 saturated heterocycles. The van der Waals surface area contributed by atoms with Crippen LogP contribution in [0.1, 0.15) is 20.3 Å². The maximum absolute atomic E-state index is 12.0. The molecule has 0 spiro atoms. The van der Waals surface area contributed by atoms with E-state index in [0.29, 0.717) is 11.4 Å². The van der Waals surface area contributed by atoms with Crippen molar-refractivity contribution in [2.45, 2.75) is 26.3 Å². The molecule has 100 valence electrons. The van der Waals surface area contributed by atoms with Gasteiger partial charge in [-0.3, -0.25) is 4.79 Å². The quantitative estimate of drug-likeness (QED) is 0.878. The molecule has 0 saturated carbocycles. The van der Waals surface area contributed by atoms with Crippen molar-refractivity contribution in [1.82, 2.24) is 0 Å². The van der Waals surface area contributed by atoms with E-state index < -0.39 is 6.04 Å². The molecule has 18 heavy (non-hydrogen) atoms. The first-order valence-electron chi connectivity index (χ1n) is 5.89. The van der Waals surface area contributed by atoms with Crippen molar-refractivity contribution in [3.8, 4) is 5.75 Å². The van der Waals surface area contributed by atoms with E-state index in [-0.39, 0.29) is 11.8 Å². The van der Waals surface area contributed by atoms with Crippen molar-refractivity contribution >= 4 is 27.5 Å². The fraction of sp³-hybridized carbons (Fsp3) is 0.462. The van der Waals surface area contributed by atoms with Crippen LogP contribution in [-0.4, -0.2) is 19.1 Å². The molecule has 3 N–H and O–H groups in total. The van der Waals surface area contributed by atoms with Crippen LogP contribution in [0.4, 0.5) is 5.69 Å². The average Bonchev–Trinajstić information content (AvgIpc) is 2.37. The summed E-state index contributed by atoms with van der Waals surface area (Å²) >= 11 is 3.36. The molecule has 1 aromatic rings. The predicted molar refractivity (Wildman–Crippen MR) is 76.8 cm³/mol. The standard InChI is InChI=1S/C13H19BrN2O2/c1-4-8(2)12(15)13(17)16-10-7-9(14)5-6-11(10)18-3/h5-8,12H,4,15H2,1-3H3,(H,16,17). The number of nitrogens with one attached hydrogen (secondary N) is 1. The smallest absolute Gasteiger partial charge is 0.241 e. The molecule has 0 radical (unpaired) electrons. The van der Waals surface area contributed by atoms with Crippen LogP contribution in [-0.2, 0) is 4.79 Å². The fourth-order valence-electron chi connectivity index (χ4n) is 1.51. The number of carbonyl (C=O) groups is 1. The Labute approximate surface area is 116 Å². The Hall–Kier alpha value is -1.07. The van der Waals surface area contributed by atoms with Gasteiger partial charge in [0.15, 0.2) is 0 Å². The largest absolute Gasteiger partial charge is 0.495 e. The maximum Gasteiger partial charge on any atom is 0.241 e. The summed E-state index contributed by atoms with van der Waals surface area (Å²) in [4.78, 5) is 12.0. The first kappa shape index (κ1) is 15.0. The molecule has 0 aromatic heterocycles. The summed E-state index contributed by atoms with van der Waals surface area (Å²) in [6.45, 7) is 3.97. The van der Waals surface area contributed by atoms with Crippen LogP contribution in [0.3, 0.4) is 0 Å². The van der Waals surface area contributed by atoms with Gasteiger partial charge in [0.25, 0.3) is 0 Å². The lowest BCUT2D eigenvalue weighted by Gasteiger charge is -2.18. The van der Waals surface area contributed by atoms with Crippen LogP contribution in [0.15, 0.2) is 22.7 Å². The molecule has 1 rings (SSSR count). The summed E-state index contributed by atoms with van der Waals surface area (Å²) in [5.74, 6) is 0.562. The third-order valence-electron chi connectivity index (χ3n) is 2.98. The number of carbonyl (C=O) groups excluding carboxylic acids is 1. The van der Waals surface area contributed by atoms with E-state index >= 15 is 0 Å². The van der Waals surface area contributed by atoms with Gasteiger partial charge in [0.05, 0.1) is 18.8 Å². The summed E-state index contributed by atoms with van der Waals surface area (Å²) in [5.41, 5.74) is 6.51.